The fraction of sp³-hybridized carbons (Fsp3) is 0.375. The highest BCUT2D eigenvalue weighted by molar-refractivity contribution is 6.67. The highest BCUT2D eigenvalue weighted by Crippen LogP contribution is 2.14. The van der Waals surface area contributed by atoms with Gasteiger partial charge in [0.05, 0.1) is 18.7 Å². The minimum absolute atomic E-state index is 0.0146. The number of carbonyl (C=O) groups excluding carboxylic acids is 1. The van der Waals surface area contributed by atoms with Crippen LogP contribution in [-0.2, 0) is 9.53 Å². The fourth-order valence-electron chi connectivity index (χ4n) is 2.40. The number of nitrogens with zero attached hydrogens (tertiary/aromatic N) is 2. The molecular weight excluding hydrogens is 358 g/mol. The lowest BCUT2D eigenvalue weighted by atomic mass is 10.0. The van der Waals surface area contributed by atoms with E-state index in [-0.39, 0.29) is 23.9 Å². The van der Waals surface area contributed by atoms with Crippen LogP contribution in [0.3, 0.4) is 0 Å². The van der Waals surface area contributed by atoms with Crippen LogP contribution < -0.4 is 22.1 Å². The second kappa shape index (κ2) is 9.27. The molecule has 7 N–H and O–H groups in total. The predicted molar refractivity (Wildman–Crippen MR) is 103 cm³/mol. The van der Waals surface area contributed by atoms with Gasteiger partial charge in [-0.15, -0.1) is 0 Å². The lowest BCUT2D eigenvalue weighted by Crippen LogP contribution is -2.45. The predicted octanol–water partition coefficient (Wildman–Crippen LogP) is 0.347. The molecule has 1 aromatic carbocycles. The number of anilines is 1. The van der Waals surface area contributed by atoms with E-state index in [0.717, 1.165) is 0 Å². The van der Waals surface area contributed by atoms with Crippen LogP contribution in [-0.4, -0.2) is 55.8 Å². The highest BCUT2D eigenvalue weighted by atomic mass is 35.5. The average Bonchev–Trinajstić information content (AvgIpc) is 2.62. The zero-order valence-corrected chi connectivity index (χ0v) is 15.1. The van der Waals surface area contributed by atoms with Crippen molar-refractivity contribution in [1.29, 1.82) is 5.41 Å². The Bertz CT molecular complexity index is 718. The molecule has 26 heavy (non-hydrogen) atoms. The molecule has 0 aromatic heterocycles. The molecule has 2 atom stereocenters. The number of guanidine groups is 1. The molecule has 1 aromatic rings. The molecule has 0 aliphatic carbocycles. The number of amidine groups is 1. The average molecular weight is 380 g/mol. The summed E-state index contributed by atoms with van der Waals surface area (Å²) in [5.74, 6) is -1.08. The third kappa shape index (κ3) is 5.51. The van der Waals surface area contributed by atoms with Crippen molar-refractivity contribution in [2.75, 3.05) is 25.6 Å². The van der Waals surface area contributed by atoms with Gasteiger partial charge in [0.25, 0.3) is 5.91 Å². The van der Waals surface area contributed by atoms with Gasteiger partial charge in [-0.2, -0.15) is 4.99 Å². The number of carbonyl (C=O) groups is 1. The van der Waals surface area contributed by atoms with E-state index < -0.39 is 11.6 Å². The van der Waals surface area contributed by atoms with Crippen LogP contribution in [0.2, 0.25) is 5.02 Å². The summed E-state index contributed by atoms with van der Waals surface area (Å²) in [6.07, 6.45) is 0.689. The first-order chi connectivity index (χ1) is 12.4. The van der Waals surface area contributed by atoms with E-state index in [0.29, 0.717) is 30.3 Å². The van der Waals surface area contributed by atoms with E-state index in [9.17, 15) is 4.79 Å². The molecule has 10 heteroatoms. The first-order valence-corrected chi connectivity index (χ1v) is 8.36. The van der Waals surface area contributed by atoms with Gasteiger partial charge in [-0.3, -0.25) is 10.2 Å². The minimum Gasteiger partial charge on any atom is -0.380 e. The molecule has 0 saturated carbocycles. The number of hydrogen-bond donors (Lipinski definition) is 5. The molecule has 1 heterocycles. The molecule has 140 valence electrons. The molecular formula is C16H22ClN7O2. The van der Waals surface area contributed by atoms with Crippen molar-refractivity contribution in [3.63, 3.8) is 0 Å². The number of rotatable bonds is 5. The van der Waals surface area contributed by atoms with Crippen molar-refractivity contribution < 1.29 is 9.53 Å². The summed E-state index contributed by atoms with van der Waals surface area (Å²) in [7, 11) is 1.82. The van der Waals surface area contributed by atoms with Crippen molar-refractivity contribution in [3.05, 3.63) is 29.3 Å². The zero-order valence-electron chi connectivity index (χ0n) is 14.3. The third-order valence-corrected chi connectivity index (χ3v) is 4.06. The van der Waals surface area contributed by atoms with Crippen LogP contribution in [0, 0.1) is 5.41 Å². The summed E-state index contributed by atoms with van der Waals surface area (Å²) >= 11 is 5.85. The third-order valence-electron chi connectivity index (χ3n) is 3.81. The van der Waals surface area contributed by atoms with Crippen molar-refractivity contribution in [2.24, 2.45) is 21.5 Å². The Kier molecular flexibility index (Phi) is 7.07. The van der Waals surface area contributed by atoms with Gasteiger partial charge in [0.15, 0.2) is 11.5 Å². The summed E-state index contributed by atoms with van der Waals surface area (Å²) in [6.45, 7) is 1.10. The molecule has 0 unspecified atom stereocenters. The van der Waals surface area contributed by atoms with Gasteiger partial charge >= 0.3 is 0 Å². The molecule has 1 fully saturated rings. The maximum Gasteiger partial charge on any atom is 0.270 e. The molecule has 1 aliphatic rings. The second-order valence-corrected chi connectivity index (χ2v) is 6.08. The number of hydrogen-bond acceptors (Lipinski definition) is 5. The number of benzene rings is 1. The van der Waals surface area contributed by atoms with Crippen molar-refractivity contribution >= 4 is 40.7 Å². The first kappa shape index (κ1) is 19.8. The Balaban J connectivity index is 2.24. The van der Waals surface area contributed by atoms with Crippen molar-refractivity contribution in [3.8, 4) is 0 Å². The van der Waals surface area contributed by atoms with Crippen LogP contribution in [0.1, 0.15) is 6.42 Å². The zero-order chi connectivity index (χ0) is 19.1. The Morgan fingerprint density at radius 3 is 2.65 bits per heavy atom. The van der Waals surface area contributed by atoms with Crippen LogP contribution in [0.5, 0.6) is 0 Å². The number of halogens is 1. The lowest BCUT2D eigenvalue weighted by molar-refractivity contribution is -0.111. The van der Waals surface area contributed by atoms with Gasteiger partial charge in [0, 0.05) is 17.3 Å². The number of primary amides is 1. The largest absolute Gasteiger partial charge is 0.380 e. The maximum atomic E-state index is 11.4. The minimum atomic E-state index is -0.933. The molecule has 2 rings (SSSR count). The van der Waals surface area contributed by atoms with Gasteiger partial charge in [-0.25, -0.2) is 4.99 Å². The normalized spacial score (nSPS) is 21.3. The summed E-state index contributed by atoms with van der Waals surface area (Å²) in [6, 6.07) is 6.57. The van der Waals surface area contributed by atoms with E-state index >= 15 is 0 Å². The number of nitrogens with one attached hydrogen (secondary N) is 3. The summed E-state index contributed by atoms with van der Waals surface area (Å²) in [4.78, 5) is 19.9. The van der Waals surface area contributed by atoms with E-state index in [1.165, 1.54) is 0 Å². The number of likely N-dealkylation sites (N-methyl/N-ethyl adjacent to an activating group) is 1. The molecule has 0 radical (unpaired) electrons. The summed E-state index contributed by atoms with van der Waals surface area (Å²) in [5, 5.41) is 14.4. The van der Waals surface area contributed by atoms with Gasteiger partial charge in [-0.1, -0.05) is 11.6 Å². The molecule has 1 saturated heterocycles. The van der Waals surface area contributed by atoms with E-state index in [2.05, 4.69) is 20.6 Å². The second-order valence-electron chi connectivity index (χ2n) is 5.64. The maximum absolute atomic E-state index is 11.4. The SMILES string of the molecule is CN[C@H]1COCC[C@H]1N=C(N)N=C(Nc1ccc(Cl)cc1)C(=N)C(N)=O. The Hall–Kier alpha value is -2.49. The van der Waals surface area contributed by atoms with Crippen LogP contribution in [0.25, 0.3) is 0 Å². The summed E-state index contributed by atoms with van der Waals surface area (Å²) < 4.78 is 5.40. The monoisotopic (exact) mass is 379 g/mol. The molecule has 0 spiro atoms. The number of nitrogens with two attached hydrogens (primary N) is 2. The van der Waals surface area contributed by atoms with Crippen LogP contribution in [0.4, 0.5) is 5.69 Å². The smallest absolute Gasteiger partial charge is 0.270 e. The number of aliphatic imine (C=N–C) groups is 2. The molecule has 0 bridgehead atoms. The van der Waals surface area contributed by atoms with Gasteiger partial charge < -0.3 is 26.8 Å². The first-order valence-electron chi connectivity index (χ1n) is 7.99. The van der Waals surface area contributed by atoms with Gasteiger partial charge in [-0.05, 0) is 37.7 Å². The fourth-order valence-corrected chi connectivity index (χ4v) is 2.53. The molecule has 9 nitrogen and oxygen atoms in total. The Morgan fingerprint density at radius 2 is 2.04 bits per heavy atom. The van der Waals surface area contributed by atoms with Crippen LogP contribution in [0.15, 0.2) is 34.3 Å². The molecule has 1 amide bonds. The lowest BCUT2D eigenvalue weighted by Gasteiger charge is -2.28. The van der Waals surface area contributed by atoms with E-state index in [1.807, 2.05) is 7.05 Å². The summed E-state index contributed by atoms with van der Waals surface area (Å²) in [5.41, 5.74) is 11.2. The van der Waals surface area contributed by atoms with Crippen LogP contribution >= 0.6 is 11.6 Å². The van der Waals surface area contributed by atoms with Crippen molar-refractivity contribution in [2.45, 2.75) is 18.5 Å². The Morgan fingerprint density at radius 1 is 1.35 bits per heavy atom. The highest BCUT2D eigenvalue weighted by Gasteiger charge is 2.24. The quantitative estimate of drug-likeness (QED) is 0.369. The topological polar surface area (TPSA) is 151 Å². The molecule has 1 aliphatic heterocycles. The Labute approximate surface area is 156 Å². The number of amides is 1. The van der Waals surface area contributed by atoms with E-state index in [4.69, 9.17) is 33.2 Å². The standard InChI is InChI=1S/C16H22ClN7O2/c1-21-12-8-26-7-6-11(12)23-16(20)24-15(13(18)14(19)25)22-10-4-2-9(17)3-5-10/h2-5,11-12,18,21H,6-8H2,1H3,(H2,19,25)(H3,20,22,23,24)/t11-,12+/m1/s1. The number of ether oxygens (including phenoxy) is 1. The van der Waals surface area contributed by atoms with Gasteiger partial charge in [0.2, 0.25) is 5.96 Å². The van der Waals surface area contributed by atoms with E-state index in [1.54, 1.807) is 24.3 Å². The van der Waals surface area contributed by atoms with Gasteiger partial charge in [0.1, 0.15) is 0 Å². The van der Waals surface area contributed by atoms with Crippen molar-refractivity contribution in [1.82, 2.24) is 5.32 Å².